The lowest BCUT2D eigenvalue weighted by Crippen LogP contribution is -2.63. The maximum Gasteiger partial charge on any atom is 0.241 e. The quantitative estimate of drug-likeness (QED) is 0.119. The summed E-state index contributed by atoms with van der Waals surface area (Å²) in [4.78, 5) is 5.72. The first kappa shape index (κ1) is 33.8. The second kappa shape index (κ2) is 15.9. The van der Waals surface area contributed by atoms with Crippen LogP contribution in [0.25, 0.3) is 0 Å². The van der Waals surface area contributed by atoms with Crippen LogP contribution in [0, 0.1) is 17.8 Å². The van der Waals surface area contributed by atoms with Crippen LogP contribution >= 0.6 is 0 Å². The molecule has 1 fully saturated rings. The molecule has 1 aromatic carbocycles. The van der Waals surface area contributed by atoms with E-state index in [0.717, 1.165) is 54.7 Å². The van der Waals surface area contributed by atoms with Crippen molar-refractivity contribution in [2.75, 3.05) is 33.0 Å². The molecule has 0 bridgehead atoms. The molecule has 0 spiro atoms. The second-order valence-corrected chi connectivity index (χ2v) is 12.1. The minimum atomic E-state index is -1.25. The molecule has 3 N–H and O–H groups in total. The van der Waals surface area contributed by atoms with Crippen LogP contribution in [0.1, 0.15) is 75.1 Å². The molecule has 1 saturated carbocycles. The van der Waals surface area contributed by atoms with Crippen molar-refractivity contribution >= 4 is 5.71 Å². The largest absolute Gasteiger partial charge is 0.490 e. The number of allylic oxidation sites excluding steroid dienone is 1. The number of hydrogen-bond donors (Lipinski definition) is 3. The Kier molecular flexibility index (Phi) is 11.7. The van der Waals surface area contributed by atoms with Gasteiger partial charge in [-0.2, -0.15) is 0 Å². The van der Waals surface area contributed by atoms with Crippen LogP contribution in [0.15, 0.2) is 66.5 Å². The lowest BCUT2D eigenvalue weighted by atomic mass is 9.55. The summed E-state index contributed by atoms with van der Waals surface area (Å²) in [5, 5.41) is 42.9. The van der Waals surface area contributed by atoms with E-state index in [-0.39, 0.29) is 50.1 Å². The van der Waals surface area contributed by atoms with Crippen molar-refractivity contribution in [1.29, 1.82) is 0 Å². The third-order valence-corrected chi connectivity index (χ3v) is 9.42. The normalized spacial score (nSPS) is 27.3. The number of ether oxygens (including phenoxy) is 3. The molecule has 250 valence electrons. The molecule has 2 aromatic rings. The van der Waals surface area contributed by atoms with E-state index in [2.05, 4.69) is 40.8 Å². The summed E-state index contributed by atoms with van der Waals surface area (Å²) in [6.45, 7) is 10.7. The van der Waals surface area contributed by atoms with E-state index in [1.807, 2.05) is 19.1 Å². The van der Waals surface area contributed by atoms with Crippen molar-refractivity contribution in [2.45, 2.75) is 76.2 Å². The summed E-state index contributed by atoms with van der Waals surface area (Å²) in [6.07, 6.45) is 12.6. The number of hydrogen-bond acceptors (Lipinski definition) is 10. The number of oxime groups is 1. The lowest BCUT2D eigenvalue weighted by molar-refractivity contribution is -0.252. The van der Waals surface area contributed by atoms with Crippen molar-refractivity contribution in [3.05, 3.63) is 72.6 Å². The van der Waals surface area contributed by atoms with E-state index in [4.69, 9.17) is 19.0 Å². The summed E-state index contributed by atoms with van der Waals surface area (Å²) in [5.41, 5.74) is 3.35. The topological polar surface area (TPSA) is 141 Å². The Labute approximate surface area is 271 Å². The minimum absolute atomic E-state index is 0.0885. The van der Waals surface area contributed by atoms with Crippen molar-refractivity contribution in [3.8, 4) is 11.5 Å². The monoisotopic (exact) mass is 636 g/mol. The fraction of sp³-hybridized carbons (Fsp3) is 0.571. The highest BCUT2D eigenvalue weighted by molar-refractivity contribution is 6.02. The number of aliphatic hydroxyl groups excluding tert-OH is 3. The Morgan fingerprint density at radius 3 is 2.59 bits per heavy atom. The van der Waals surface area contributed by atoms with Gasteiger partial charge in [0.05, 0.1) is 36.7 Å². The fourth-order valence-corrected chi connectivity index (χ4v) is 7.61. The third kappa shape index (κ3) is 6.64. The van der Waals surface area contributed by atoms with Gasteiger partial charge in [-0.1, -0.05) is 48.0 Å². The van der Waals surface area contributed by atoms with Crippen molar-refractivity contribution < 1.29 is 34.4 Å². The van der Waals surface area contributed by atoms with Crippen molar-refractivity contribution in [3.63, 3.8) is 0 Å². The first-order valence-electron chi connectivity index (χ1n) is 16.5. The molecule has 6 atom stereocenters. The van der Waals surface area contributed by atoms with E-state index < -0.39 is 11.8 Å². The van der Waals surface area contributed by atoms with Crippen LogP contribution in [-0.4, -0.2) is 74.8 Å². The average Bonchev–Trinajstić information content (AvgIpc) is 3.55. The molecule has 0 saturated heterocycles. The number of nitrogens with zero attached hydrogens (tertiary/aromatic N) is 4. The molecule has 11 heteroatoms. The molecule has 11 nitrogen and oxygen atoms in total. The predicted octanol–water partition coefficient (Wildman–Crippen LogP) is 4.86. The maximum absolute atomic E-state index is 10.3. The number of fused-ring (bicyclic) bond motifs is 2. The SMILES string of the molecule is C=CCOc1ccc2c(c1)C1C(CCCCO)C(CCCCO)C=C3C(=NOCC)CC(n4nncc4CO)C(OCC=C)(O2)C31. The third-order valence-electron chi connectivity index (χ3n) is 9.42. The molecule has 1 aromatic heterocycles. The number of benzene rings is 1. The highest BCUT2D eigenvalue weighted by Gasteiger charge is 2.65. The Morgan fingerprint density at radius 1 is 1.09 bits per heavy atom. The summed E-state index contributed by atoms with van der Waals surface area (Å²) >= 11 is 0. The Hall–Kier alpha value is -3.51. The summed E-state index contributed by atoms with van der Waals surface area (Å²) in [6, 6.07) is 5.37. The summed E-state index contributed by atoms with van der Waals surface area (Å²) in [5.74, 6) is 0.0620. The number of unbranched alkanes of at least 4 members (excludes halogenated alkanes) is 2. The smallest absolute Gasteiger partial charge is 0.241 e. The molecule has 6 unspecified atom stereocenters. The van der Waals surface area contributed by atoms with Crippen LogP contribution in [0.4, 0.5) is 0 Å². The van der Waals surface area contributed by atoms with Gasteiger partial charge in [0, 0.05) is 31.1 Å². The zero-order valence-electron chi connectivity index (χ0n) is 26.8. The number of aliphatic hydroxyl groups is 3. The molecule has 1 aliphatic heterocycles. The van der Waals surface area contributed by atoms with Crippen molar-refractivity contribution in [2.24, 2.45) is 22.9 Å². The van der Waals surface area contributed by atoms with Gasteiger partial charge in [0.15, 0.2) is 0 Å². The molecular weight excluding hydrogens is 588 g/mol. The van der Waals surface area contributed by atoms with Gasteiger partial charge in [0.2, 0.25) is 5.79 Å². The van der Waals surface area contributed by atoms with E-state index in [1.54, 1.807) is 23.0 Å². The predicted molar refractivity (Wildman–Crippen MR) is 173 cm³/mol. The Morgan fingerprint density at radius 2 is 1.87 bits per heavy atom. The van der Waals surface area contributed by atoms with Gasteiger partial charge in [0.25, 0.3) is 0 Å². The molecule has 46 heavy (non-hydrogen) atoms. The fourth-order valence-electron chi connectivity index (χ4n) is 7.61. The van der Waals surface area contributed by atoms with Crippen LogP contribution < -0.4 is 9.47 Å². The van der Waals surface area contributed by atoms with E-state index in [9.17, 15) is 15.3 Å². The standard InChI is InChI=1S/C35H48N4O7/c1-4-17-43-26-13-14-31-29(20-26)33-27(12-8-10-16-41)24(11-7-9-15-40)19-28-30(37-45-6-3)21-32(39-25(23-42)22-36-38-39)35(46-31,34(28)33)44-18-5-2/h4-5,13-14,19-20,22,24,27,32-34,40-42H,1-2,6-12,15-18,21,23H2,3H3. The molecule has 2 aliphatic carbocycles. The molecule has 0 radical (unpaired) electrons. The maximum atomic E-state index is 10.3. The van der Waals surface area contributed by atoms with Crippen LogP contribution in [0.2, 0.25) is 0 Å². The van der Waals surface area contributed by atoms with Gasteiger partial charge in [-0.25, -0.2) is 4.68 Å². The van der Waals surface area contributed by atoms with Crippen LogP contribution in [-0.2, 0) is 16.2 Å². The highest BCUT2D eigenvalue weighted by Crippen LogP contribution is 2.63. The van der Waals surface area contributed by atoms with Gasteiger partial charge >= 0.3 is 0 Å². The Bertz CT molecular complexity index is 1390. The molecule has 2 heterocycles. The van der Waals surface area contributed by atoms with E-state index >= 15 is 0 Å². The van der Waals surface area contributed by atoms with Crippen LogP contribution in [0.5, 0.6) is 11.5 Å². The average molecular weight is 637 g/mol. The Balaban J connectivity index is 1.78. The van der Waals surface area contributed by atoms with Gasteiger partial charge < -0.3 is 34.4 Å². The highest BCUT2D eigenvalue weighted by atomic mass is 16.7. The number of aromatic nitrogens is 3. The zero-order valence-corrected chi connectivity index (χ0v) is 26.8. The van der Waals surface area contributed by atoms with Gasteiger partial charge in [-0.15, -0.1) is 11.7 Å². The van der Waals surface area contributed by atoms with Gasteiger partial charge in [0.1, 0.15) is 30.8 Å². The molecular formula is C35H48N4O7. The second-order valence-electron chi connectivity index (χ2n) is 12.1. The number of rotatable bonds is 18. The first-order chi connectivity index (χ1) is 22.6. The van der Waals surface area contributed by atoms with Crippen molar-refractivity contribution in [1.82, 2.24) is 15.0 Å². The van der Waals surface area contributed by atoms with Crippen LogP contribution in [0.3, 0.4) is 0 Å². The van der Waals surface area contributed by atoms with E-state index in [0.29, 0.717) is 37.5 Å². The summed E-state index contributed by atoms with van der Waals surface area (Å²) < 4.78 is 21.7. The molecule has 0 amide bonds. The lowest BCUT2D eigenvalue weighted by Gasteiger charge is -2.58. The molecule has 5 rings (SSSR count). The van der Waals surface area contributed by atoms with E-state index in [1.165, 1.54) is 0 Å². The van der Waals surface area contributed by atoms with Gasteiger partial charge in [-0.05, 0) is 68.2 Å². The first-order valence-corrected chi connectivity index (χ1v) is 16.5. The van der Waals surface area contributed by atoms with Gasteiger partial charge in [-0.3, -0.25) is 0 Å². The molecule has 3 aliphatic rings. The summed E-state index contributed by atoms with van der Waals surface area (Å²) in [7, 11) is 0. The zero-order chi connectivity index (χ0) is 32.5. The minimum Gasteiger partial charge on any atom is -0.490 e.